The average molecular weight is 354 g/mol. The molecule has 0 bridgehead atoms. The number of ether oxygens (including phenoxy) is 2. The van der Waals surface area contributed by atoms with Gasteiger partial charge in [0, 0.05) is 15.7 Å². The molecule has 21 heavy (non-hydrogen) atoms. The van der Waals surface area contributed by atoms with Gasteiger partial charge in [0.05, 0.1) is 0 Å². The summed E-state index contributed by atoms with van der Waals surface area (Å²) >= 11 is 3.16. The molecular weight excluding hydrogens is 341 g/mol. The predicted molar refractivity (Wildman–Crippen MR) is 80.2 cm³/mol. The number of nitrogen functional groups attached to an aromatic ring is 1. The Bertz CT molecular complexity index is 631. The van der Waals surface area contributed by atoms with Gasteiger partial charge in [0.1, 0.15) is 18.2 Å². The van der Waals surface area contributed by atoms with E-state index in [2.05, 4.69) is 15.9 Å². The van der Waals surface area contributed by atoms with Crippen LogP contribution in [0.4, 0.5) is 10.1 Å². The number of hydrogen-bond donors (Lipinski definition) is 1. The minimum Gasteiger partial charge on any atom is -0.482 e. The number of rotatable bonds is 5. The van der Waals surface area contributed by atoms with Gasteiger partial charge in [0.25, 0.3) is 0 Å². The molecule has 0 fully saturated rings. The standard InChI is InChI=1S/C15H13BrFNO3/c16-11-2-1-10(14(17)7-11)8-21-15(19)9-20-13-5-3-12(18)4-6-13/h1-7H,8-9,18H2. The molecule has 2 aromatic carbocycles. The maximum absolute atomic E-state index is 13.5. The lowest BCUT2D eigenvalue weighted by molar-refractivity contribution is -0.147. The molecule has 0 atom stereocenters. The molecule has 2 rings (SSSR count). The summed E-state index contributed by atoms with van der Waals surface area (Å²) in [5.41, 5.74) is 6.45. The molecular formula is C15H13BrFNO3. The van der Waals surface area contributed by atoms with Crippen molar-refractivity contribution in [3.63, 3.8) is 0 Å². The van der Waals surface area contributed by atoms with Crippen molar-refractivity contribution in [1.82, 2.24) is 0 Å². The first kappa shape index (κ1) is 15.3. The lowest BCUT2D eigenvalue weighted by Gasteiger charge is -2.08. The van der Waals surface area contributed by atoms with Gasteiger partial charge < -0.3 is 15.2 Å². The van der Waals surface area contributed by atoms with Crippen molar-refractivity contribution in [3.05, 3.63) is 58.3 Å². The SMILES string of the molecule is Nc1ccc(OCC(=O)OCc2ccc(Br)cc2F)cc1. The van der Waals surface area contributed by atoms with Crippen LogP contribution in [0.5, 0.6) is 5.75 Å². The third-order valence-corrected chi connectivity index (χ3v) is 3.13. The second-order valence-electron chi connectivity index (χ2n) is 4.25. The van der Waals surface area contributed by atoms with Gasteiger partial charge >= 0.3 is 5.97 Å². The number of anilines is 1. The van der Waals surface area contributed by atoms with E-state index in [1.807, 2.05) is 0 Å². The first-order valence-corrected chi connectivity index (χ1v) is 6.92. The maximum atomic E-state index is 13.5. The Kier molecular flexibility index (Phi) is 5.16. The van der Waals surface area contributed by atoms with Crippen molar-refractivity contribution in [3.8, 4) is 5.75 Å². The number of benzene rings is 2. The molecule has 0 saturated carbocycles. The Hall–Kier alpha value is -2.08. The van der Waals surface area contributed by atoms with Crippen LogP contribution in [0.25, 0.3) is 0 Å². The number of carbonyl (C=O) groups excluding carboxylic acids is 1. The fourth-order valence-electron chi connectivity index (χ4n) is 1.54. The average Bonchev–Trinajstić information content (AvgIpc) is 2.46. The van der Waals surface area contributed by atoms with E-state index >= 15 is 0 Å². The van der Waals surface area contributed by atoms with E-state index in [1.165, 1.54) is 6.07 Å². The van der Waals surface area contributed by atoms with E-state index < -0.39 is 11.8 Å². The first-order valence-electron chi connectivity index (χ1n) is 6.12. The molecule has 0 aromatic heterocycles. The normalized spacial score (nSPS) is 10.2. The Morgan fingerprint density at radius 3 is 2.57 bits per heavy atom. The van der Waals surface area contributed by atoms with Gasteiger partial charge in [0.2, 0.25) is 0 Å². The third kappa shape index (κ3) is 4.75. The third-order valence-electron chi connectivity index (χ3n) is 2.64. The van der Waals surface area contributed by atoms with Crippen molar-refractivity contribution in [2.45, 2.75) is 6.61 Å². The molecule has 2 aromatic rings. The smallest absolute Gasteiger partial charge is 0.344 e. The molecule has 6 heteroatoms. The maximum Gasteiger partial charge on any atom is 0.344 e. The summed E-state index contributed by atoms with van der Waals surface area (Å²) in [6.45, 7) is -0.384. The molecule has 0 aliphatic rings. The van der Waals surface area contributed by atoms with Crippen LogP contribution in [-0.2, 0) is 16.1 Å². The molecule has 0 aliphatic heterocycles. The quantitative estimate of drug-likeness (QED) is 0.661. The summed E-state index contributed by atoms with van der Waals surface area (Å²) < 4.78 is 24.3. The summed E-state index contributed by atoms with van der Waals surface area (Å²) in [4.78, 5) is 11.5. The monoisotopic (exact) mass is 353 g/mol. The van der Waals surface area contributed by atoms with Gasteiger partial charge in [-0.15, -0.1) is 0 Å². The molecule has 0 amide bonds. The van der Waals surface area contributed by atoms with Crippen molar-refractivity contribution in [2.75, 3.05) is 12.3 Å². The number of hydrogen-bond acceptors (Lipinski definition) is 4. The highest BCUT2D eigenvalue weighted by Crippen LogP contribution is 2.16. The molecule has 4 nitrogen and oxygen atoms in total. The van der Waals surface area contributed by atoms with Gasteiger partial charge in [-0.2, -0.15) is 0 Å². The molecule has 0 spiro atoms. The van der Waals surface area contributed by atoms with Crippen molar-refractivity contribution in [1.29, 1.82) is 0 Å². The number of esters is 1. The lowest BCUT2D eigenvalue weighted by Crippen LogP contribution is -2.15. The van der Waals surface area contributed by atoms with Crippen LogP contribution in [0.2, 0.25) is 0 Å². The second kappa shape index (κ2) is 7.08. The molecule has 0 unspecified atom stereocenters. The minimum atomic E-state index is -0.575. The van der Waals surface area contributed by atoms with E-state index in [0.29, 0.717) is 21.5 Å². The van der Waals surface area contributed by atoms with Gasteiger partial charge in [0.15, 0.2) is 6.61 Å². The largest absolute Gasteiger partial charge is 0.482 e. The summed E-state index contributed by atoms with van der Waals surface area (Å²) in [5.74, 6) is -0.498. The van der Waals surface area contributed by atoms with Crippen molar-refractivity contribution in [2.24, 2.45) is 0 Å². The minimum absolute atomic E-state index is 0.136. The zero-order valence-corrected chi connectivity index (χ0v) is 12.6. The molecule has 2 N–H and O–H groups in total. The van der Waals surface area contributed by atoms with E-state index in [4.69, 9.17) is 15.2 Å². The Labute approximate surface area is 129 Å². The number of halogens is 2. The van der Waals surface area contributed by atoms with E-state index in [9.17, 15) is 9.18 Å². The summed E-state index contributed by atoms with van der Waals surface area (Å²) in [6.07, 6.45) is 0. The highest BCUT2D eigenvalue weighted by atomic mass is 79.9. The Morgan fingerprint density at radius 1 is 1.19 bits per heavy atom. The zero-order valence-electron chi connectivity index (χ0n) is 11.0. The fourth-order valence-corrected chi connectivity index (χ4v) is 1.88. The van der Waals surface area contributed by atoms with Crippen LogP contribution in [0.3, 0.4) is 0 Å². The Balaban J connectivity index is 1.80. The summed E-state index contributed by atoms with van der Waals surface area (Å²) in [6, 6.07) is 11.2. The molecule has 0 aliphatic carbocycles. The van der Waals surface area contributed by atoms with Gasteiger partial charge in [-0.3, -0.25) is 0 Å². The summed E-state index contributed by atoms with van der Waals surface area (Å²) in [7, 11) is 0. The molecule has 0 radical (unpaired) electrons. The fraction of sp³-hybridized carbons (Fsp3) is 0.133. The molecule has 110 valence electrons. The van der Waals surface area contributed by atoms with Crippen LogP contribution in [-0.4, -0.2) is 12.6 Å². The van der Waals surface area contributed by atoms with E-state index in [0.717, 1.165) is 0 Å². The highest BCUT2D eigenvalue weighted by Gasteiger charge is 2.08. The summed E-state index contributed by atoms with van der Waals surface area (Å²) in [5, 5.41) is 0. The number of nitrogens with two attached hydrogens (primary N) is 1. The van der Waals surface area contributed by atoms with Gasteiger partial charge in [-0.25, -0.2) is 9.18 Å². The van der Waals surface area contributed by atoms with Crippen LogP contribution < -0.4 is 10.5 Å². The van der Waals surface area contributed by atoms with Gasteiger partial charge in [-0.05, 0) is 36.4 Å². The van der Waals surface area contributed by atoms with E-state index in [-0.39, 0.29) is 13.2 Å². The highest BCUT2D eigenvalue weighted by molar-refractivity contribution is 9.10. The lowest BCUT2D eigenvalue weighted by atomic mass is 10.2. The predicted octanol–water partition coefficient (Wildman–Crippen LogP) is 3.29. The first-order chi connectivity index (χ1) is 10.0. The molecule has 0 heterocycles. The van der Waals surface area contributed by atoms with E-state index in [1.54, 1.807) is 36.4 Å². The topological polar surface area (TPSA) is 61.5 Å². The second-order valence-corrected chi connectivity index (χ2v) is 5.17. The zero-order chi connectivity index (χ0) is 15.2. The van der Waals surface area contributed by atoms with Crippen LogP contribution >= 0.6 is 15.9 Å². The number of carbonyl (C=O) groups is 1. The van der Waals surface area contributed by atoms with Crippen molar-refractivity contribution >= 4 is 27.6 Å². The van der Waals surface area contributed by atoms with Crippen molar-refractivity contribution < 1.29 is 18.7 Å². The van der Waals surface area contributed by atoms with Gasteiger partial charge in [-0.1, -0.05) is 22.0 Å². The van der Waals surface area contributed by atoms with Crippen LogP contribution in [0, 0.1) is 5.82 Å². The van der Waals surface area contributed by atoms with Crippen LogP contribution in [0.1, 0.15) is 5.56 Å². The van der Waals surface area contributed by atoms with Crippen LogP contribution in [0.15, 0.2) is 46.9 Å². The molecule has 0 saturated heterocycles. The Morgan fingerprint density at radius 2 is 1.90 bits per heavy atom.